The third-order valence-corrected chi connectivity index (χ3v) is 4.98. The number of ether oxygens (including phenoxy) is 1. The third kappa shape index (κ3) is 4.42. The van der Waals surface area contributed by atoms with Gasteiger partial charge in [-0.15, -0.1) is 0 Å². The molecule has 1 atom stereocenters. The Balaban J connectivity index is 2.19. The van der Waals surface area contributed by atoms with Crippen LogP contribution in [0.4, 0.5) is 0 Å². The molecule has 2 aromatic carbocycles. The van der Waals surface area contributed by atoms with Crippen LogP contribution in [0.2, 0.25) is 0 Å². The van der Waals surface area contributed by atoms with Gasteiger partial charge in [0, 0.05) is 18.6 Å². The predicted octanol–water partition coefficient (Wildman–Crippen LogP) is 4.47. The summed E-state index contributed by atoms with van der Waals surface area (Å²) in [5.74, 6) is -2.54. The highest BCUT2D eigenvalue weighted by molar-refractivity contribution is 5.90. The van der Waals surface area contributed by atoms with E-state index in [9.17, 15) is 30.0 Å². The van der Waals surface area contributed by atoms with Gasteiger partial charge >= 0.3 is 5.97 Å². The number of hydrogen-bond donors (Lipinski definition) is 4. The second kappa shape index (κ2) is 8.99. The number of carbonyl (C=O) groups excluding carboxylic acids is 1. The highest BCUT2D eigenvalue weighted by atomic mass is 16.5. The van der Waals surface area contributed by atoms with Crippen LogP contribution in [-0.2, 0) is 9.53 Å². The van der Waals surface area contributed by atoms with E-state index in [-0.39, 0.29) is 28.0 Å². The van der Waals surface area contributed by atoms with Crippen LogP contribution in [-0.4, -0.2) is 26.4 Å². The van der Waals surface area contributed by atoms with Gasteiger partial charge in [0.1, 0.15) is 34.3 Å². The quantitative estimate of drug-likeness (QED) is 0.320. The summed E-state index contributed by atoms with van der Waals surface area (Å²) >= 11 is 0. The molecule has 1 aromatic heterocycles. The summed E-state index contributed by atoms with van der Waals surface area (Å²) in [6.45, 7) is 3.22. The lowest BCUT2D eigenvalue weighted by Gasteiger charge is -2.20. The van der Waals surface area contributed by atoms with Gasteiger partial charge in [-0.3, -0.25) is 9.59 Å². The number of unbranched alkanes of at least 4 members (excludes halogenated alkanes) is 2. The van der Waals surface area contributed by atoms with Gasteiger partial charge in [0.05, 0.1) is 5.56 Å². The molecule has 31 heavy (non-hydrogen) atoms. The van der Waals surface area contributed by atoms with Crippen LogP contribution in [0, 0.1) is 0 Å². The first kappa shape index (κ1) is 22.0. The second-order valence-electron chi connectivity index (χ2n) is 7.28. The summed E-state index contributed by atoms with van der Waals surface area (Å²) in [7, 11) is 0. The molecule has 1 heterocycles. The molecule has 3 aromatic rings. The Bertz CT molecular complexity index is 1160. The molecule has 0 aliphatic carbocycles. The maximum Gasteiger partial charge on any atom is 0.303 e. The SMILES string of the molecule is CCCCCC(OC(C)=O)c1c(O)cc2oc(-c3ccc(O)cc3)c(O)c(=O)c2c1O. The largest absolute Gasteiger partial charge is 0.508 e. The van der Waals surface area contributed by atoms with Crippen molar-refractivity contribution in [3.8, 4) is 34.3 Å². The van der Waals surface area contributed by atoms with Crippen molar-refractivity contribution in [3.05, 3.63) is 46.1 Å². The Morgan fingerprint density at radius 1 is 1.06 bits per heavy atom. The molecule has 0 amide bonds. The highest BCUT2D eigenvalue weighted by Crippen LogP contribution is 2.43. The van der Waals surface area contributed by atoms with Crippen LogP contribution in [0.1, 0.15) is 51.2 Å². The topological polar surface area (TPSA) is 137 Å². The van der Waals surface area contributed by atoms with E-state index in [4.69, 9.17) is 9.15 Å². The van der Waals surface area contributed by atoms with E-state index >= 15 is 0 Å². The lowest BCUT2D eigenvalue weighted by Crippen LogP contribution is -2.11. The van der Waals surface area contributed by atoms with Gasteiger partial charge in [0.25, 0.3) is 0 Å². The number of carbonyl (C=O) groups is 1. The Hall–Kier alpha value is -3.68. The highest BCUT2D eigenvalue weighted by Gasteiger charge is 2.28. The first-order valence-corrected chi connectivity index (χ1v) is 9.95. The van der Waals surface area contributed by atoms with Crippen LogP contribution in [0.5, 0.6) is 23.0 Å². The summed E-state index contributed by atoms with van der Waals surface area (Å²) in [6, 6.07) is 6.74. The molecule has 8 nitrogen and oxygen atoms in total. The fourth-order valence-corrected chi connectivity index (χ4v) is 3.49. The molecule has 0 bridgehead atoms. The van der Waals surface area contributed by atoms with Crippen molar-refractivity contribution in [2.24, 2.45) is 0 Å². The fourth-order valence-electron chi connectivity index (χ4n) is 3.49. The van der Waals surface area contributed by atoms with Gasteiger partial charge in [-0.2, -0.15) is 0 Å². The first-order valence-electron chi connectivity index (χ1n) is 9.95. The summed E-state index contributed by atoms with van der Waals surface area (Å²) < 4.78 is 10.9. The van der Waals surface area contributed by atoms with Crippen molar-refractivity contribution in [1.82, 2.24) is 0 Å². The average Bonchev–Trinajstić information content (AvgIpc) is 2.70. The molecule has 8 heteroatoms. The summed E-state index contributed by atoms with van der Waals surface area (Å²) in [4.78, 5) is 24.4. The molecule has 0 saturated heterocycles. The van der Waals surface area contributed by atoms with Gasteiger partial charge in [-0.25, -0.2) is 0 Å². The normalized spacial score (nSPS) is 12.1. The molecule has 3 rings (SSSR count). The van der Waals surface area contributed by atoms with Crippen molar-refractivity contribution >= 4 is 16.9 Å². The number of phenols is 3. The van der Waals surface area contributed by atoms with Gasteiger partial charge in [-0.1, -0.05) is 19.8 Å². The first-order chi connectivity index (χ1) is 14.7. The number of hydrogen-bond acceptors (Lipinski definition) is 8. The van der Waals surface area contributed by atoms with Crippen molar-refractivity contribution in [2.75, 3.05) is 0 Å². The number of phenolic OH excluding ortho intramolecular Hbond substituents is 3. The van der Waals surface area contributed by atoms with E-state index in [1.807, 2.05) is 6.92 Å². The predicted molar refractivity (Wildman–Crippen MR) is 113 cm³/mol. The Kier molecular flexibility index (Phi) is 6.39. The van der Waals surface area contributed by atoms with E-state index in [0.717, 1.165) is 18.9 Å². The van der Waals surface area contributed by atoms with Crippen LogP contribution >= 0.6 is 0 Å². The molecule has 0 saturated carbocycles. The van der Waals surface area contributed by atoms with Crippen LogP contribution in [0.15, 0.2) is 39.5 Å². The zero-order valence-electron chi connectivity index (χ0n) is 17.2. The van der Waals surface area contributed by atoms with Gasteiger partial charge in [-0.05, 0) is 37.1 Å². The van der Waals surface area contributed by atoms with E-state index in [2.05, 4.69) is 0 Å². The van der Waals surface area contributed by atoms with Crippen LogP contribution in [0.25, 0.3) is 22.3 Å². The van der Waals surface area contributed by atoms with Gasteiger partial charge in [0.15, 0.2) is 5.76 Å². The maximum absolute atomic E-state index is 12.9. The molecule has 0 spiro atoms. The van der Waals surface area contributed by atoms with Crippen molar-refractivity contribution in [1.29, 1.82) is 0 Å². The molecular weight excluding hydrogens is 404 g/mol. The van der Waals surface area contributed by atoms with E-state index in [0.29, 0.717) is 18.4 Å². The monoisotopic (exact) mass is 428 g/mol. The van der Waals surface area contributed by atoms with E-state index in [1.54, 1.807) is 0 Å². The molecule has 1 unspecified atom stereocenters. The van der Waals surface area contributed by atoms with E-state index < -0.39 is 34.8 Å². The lowest BCUT2D eigenvalue weighted by atomic mass is 9.98. The number of benzene rings is 2. The van der Waals surface area contributed by atoms with Gasteiger partial charge < -0.3 is 29.6 Å². The molecule has 0 fully saturated rings. The molecule has 164 valence electrons. The zero-order valence-corrected chi connectivity index (χ0v) is 17.2. The third-order valence-electron chi connectivity index (χ3n) is 4.98. The number of fused-ring (bicyclic) bond motifs is 1. The number of aromatic hydroxyl groups is 4. The van der Waals surface area contributed by atoms with Crippen molar-refractivity contribution in [2.45, 2.75) is 45.6 Å². The Morgan fingerprint density at radius 3 is 2.35 bits per heavy atom. The van der Waals surface area contributed by atoms with Gasteiger partial charge in [0.2, 0.25) is 11.2 Å². The zero-order chi connectivity index (χ0) is 22.7. The minimum Gasteiger partial charge on any atom is -0.508 e. The minimum atomic E-state index is -0.966. The minimum absolute atomic E-state index is 0.00843. The summed E-state index contributed by atoms with van der Waals surface area (Å²) in [6.07, 6.45) is 1.81. The molecular formula is C23H24O8. The Labute approximate surface area is 178 Å². The lowest BCUT2D eigenvalue weighted by molar-refractivity contribution is -0.147. The number of rotatable bonds is 7. The smallest absolute Gasteiger partial charge is 0.303 e. The number of esters is 1. The molecule has 0 aliphatic heterocycles. The summed E-state index contributed by atoms with van der Waals surface area (Å²) in [5.41, 5.74) is -0.851. The Morgan fingerprint density at radius 2 is 1.74 bits per heavy atom. The summed E-state index contributed by atoms with van der Waals surface area (Å²) in [5, 5.41) is 40.9. The standard InChI is InChI=1S/C23H24O8/c1-3-4-5-6-16(30-12(2)24)18-15(26)11-17-19(20(18)27)21(28)22(29)23(31-17)13-7-9-14(25)10-8-13/h7-11,16,25-27,29H,3-6H2,1-2H3. The molecule has 4 N–H and O–H groups in total. The van der Waals surface area contributed by atoms with Crippen LogP contribution in [0.3, 0.4) is 0 Å². The van der Waals surface area contributed by atoms with E-state index in [1.165, 1.54) is 31.2 Å². The fraction of sp³-hybridized carbons (Fsp3) is 0.304. The van der Waals surface area contributed by atoms with Crippen molar-refractivity contribution in [3.63, 3.8) is 0 Å². The molecule has 0 radical (unpaired) electrons. The average molecular weight is 428 g/mol. The second-order valence-corrected chi connectivity index (χ2v) is 7.28. The van der Waals surface area contributed by atoms with Crippen molar-refractivity contribution < 1.29 is 34.4 Å². The van der Waals surface area contributed by atoms with Crippen LogP contribution < -0.4 is 5.43 Å². The molecule has 0 aliphatic rings. The maximum atomic E-state index is 12.9.